The molecule has 4 heteroatoms. The molecule has 0 bridgehead atoms. The van der Waals surface area contributed by atoms with E-state index in [1.54, 1.807) is 7.11 Å². The van der Waals surface area contributed by atoms with Crippen molar-refractivity contribution >= 4 is 0 Å². The number of rotatable bonds is 6. The van der Waals surface area contributed by atoms with Gasteiger partial charge in [0.15, 0.2) is 0 Å². The summed E-state index contributed by atoms with van der Waals surface area (Å²) < 4.78 is 5.23. The largest absolute Gasteiger partial charge is 0.383 e. The number of likely N-dealkylation sites (tertiary alicyclic amines) is 1. The fourth-order valence-corrected chi connectivity index (χ4v) is 2.45. The summed E-state index contributed by atoms with van der Waals surface area (Å²) in [7, 11) is 6.01. The number of ether oxygens (including phenoxy) is 1. The highest BCUT2D eigenvalue weighted by molar-refractivity contribution is 4.86. The van der Waals surface area contributed by atoms with E-state index >= 15 is 0 Å². The van der Waals surface area contributed by atoms with Gasteiger partial charge in [-0.05, 0) is 33.5 Å². The molecule has 90 valence electrons. The van der Waals surface area contributed by atoms with Gasteiger partial charge in [-0.1, -0.05) is 0 Å². The van der Waals surface area contributed by atoms with Crippen molar-refractivity contribution in [1.82, 2.24) is 9.80 Å². The summed E-state index contributed by atoms with van der Waals surface area (Å²) in [4.78, 5) is 4.77. The molecule has 1 rings (SSSR count). The Labute approximate surface area is 93.4 Å². The van der Waals surface area contributed by atoms with E-state index in [1.165, 1.54) is 19.4 Å². The maximum absolute atomic E-state index is 5.80. The molecule has 15 heavy (non-hydrogen) atoms. The third-order valence-corrected chi connectivity index (χ3v) is 3.10. The van der Waals surface area contributed by atoms with Crippen LogP contribution < -0.4 is 5.73 Å². The molecule has 1 aliphatic rings. The Balaban J connectivity index is 2.49. The maximum Gasteiger partial charge on any atom is 0.0630 e. The summed E-state index contributed by atoms with van der Waals surface area (Å²) in [5.74, 6) is 0. The van der Waals surface area contributed by atoms with E-state index < -0.39 is 0 Å². The Morgan fingerprint density at radius 3 is 2.80 bits per heavy atom. The zero-order valence-electron chi connectivity index (χ0n) is 10.3. The average Bonchev–Trinajstić information content (AvgIpc) is 2.61. The van der Waals surface area contributed by atoms with Crippen LogP contribution in [0.1, 0.15) is 12.8 Å². The van der Waals surface area contributed by atoms with Crippen molar-refractivity contribution in [2.75, 3.05) is 47.4 Å². The lowest BCUT2D eigenvalue weighted by molar-refractivity contribution is 0.0778. The molecule has 1 aliphatic heterocycles. The first-order chi connectivity index (χ1) is 7.19. The zero-order chi connectivity index (χ0) is 11.3. The number of nitrogens with two attached hydrogens (primary N) is 1. The third-order valence-electron chi connectivity index (χ3n) is 3.10. The van der Waals surface area contributed by atoms with E-state index in [2.05, 4.69) is 23.9 Å². The molecule has 0 spiro atoms. The Bertz CT molecular complexity index is 175. The van der Waals surface area contributed by atoms with E-state index in [0.29, 0.717) is 18.6 Å². The van der Waals surface area contributed by atoms with E-state index in [1.807, 2.05) is 0 Å². The van der Waals surface area contributed by atoms with Gasteiger partial charge < -0.3 is 15.4 Å². The first-order valence-corrected chi connectivity index (χ1v) is 5.78. The molecule has 0 amide bonds. The van der Waals surface area contributed by atoms with Crippen LogP contribution in [-0.4, -0.2) is 69.3 Å². The van der Waals surface area contributed by atoms with E-state index in [9.17, 15) is 0 Å². The predicted molar refractivity (Wildman–Crippen MR) is 63.0 cm³/mol. The van der Waals surface area contributed by atoms with Gasteiger partial charge in [0.2, 0.25) is 0 Å². The minimum absolute atomic E-state index is 0.391. The van der Waals surface area contributed by atoms with Crippen LogP contribution in [0.5, 0.6) is 0 Å². The lowest BCUT2D eigenvalue weighted by Gasteiger charge is -2.33. The van der Waals surface area contributed by atoms with Crippen molar-refractivity contribution in [2.24, 2.45) is 5.73 Å². The van der Waals surface area contributed by atoms with Crippen LogP contribution in [0.2, 0.25) is 0 Å². The predicted octanol–water partition coefficient (Wildman–Crippen LogP) is -0.0139. The molecule has 4 nitrogen and oxygen atoms in total. The summed E-state index contributed by atoms with van der Waals surface area (Å²) in [6, 6.07) is 1.05. The van der Waals surface area contributed by atoms with Crippen LogP contribution in [0, 0.1) is 0 Å². The molecule has 2 atom stereocenters. The normalized spacial score (nSPS) is 25.0. The van der Waals surface area contributed by atoms with Gasteiger partial charge in [0, 0.05) is 32.3 Å². The first-order valence-electron chi connectivity index (χ1n) is 5.78. The van der Waals surface area contributed by atoms with Gasteiger partial charge in [-0.25, -0.2) is 0 Å². The molecule has 2 N–H and O–H groups in total. The standard InChI is InChI=1S/C11H25N3O/c1-13(2)8-10-5-4-6-14(10)11(7-12)9-15-3/h10-11H,4-9,12H2,1-3H3. The van der Waals surface area contributed by atoms with Gasteiger partial charge >= 0.3 is 0 Å². The van der Waals surface area contributed by atoms with Crippen LogP contribution in [0.4, 0.5) is 0 Å². The highest BCUT2D eigenvalue weighted by Gasteiger charge is 2.29. The van der Waals surface area contributed by atoms with E-state index in [4.69, 9.17) is 10.5 Å². The van der Waals surface area contributed by atoms with E-state index in [-0.39, 0.29) is 0 Å². The van der Waals surface area contributed by atoms with Crippen molar-refractivity contribution in [1.29, 1.82) is 0 Å². The van der Waals surface area contributed by atoms with Gasteiger partial charge in [0.25, 0.3) is 0 Å². The van der Waals surface area contributed by atoms with Crippen LogP contribution in [0.3, 0.4) is 0 Å². The van der Waals surface area contributed by atoms with Gasteiger partial charge in [0.05, 0.1) is 6.61 Å². The van der Waals surface area contributed by atoms with Crippen LogP contribution in [0.25, 0.3) is 0 Å². The SMILES string of the molecule is COCC(CN)N1CCCC1CN(C)C. The second-order valence-corrected chi connectivity index (χ2v) is 4.64. The molecule has 0 aliphatic carbocycles. The second-order valence-electron chi connectivity index (χ2n) is 4.64. The molecular formula is C11H25N3O. The van der Waals surface area contributed by atoms with Gasteiger partial charge in [-0.3, -0.25) is 4.90 Å². The second kappa shape index (κ2) is 6.43. The number of hydrogen-bond acceptors (Lipinski definition) is 4. The molecule has 0 saturated carbocycles. The van der Waals surface area contributed by atoms with Crippen LogP contribution in [0.15, 0.2) is 0 Å². The zero-order valence-corrected chi connectivity index (χ0v) is 10.3. The molecule has 0 aromatic rings. The lowest BCUT2D eigenvalue weighted by Crippen LogP contribution is -2.49. The quantitative estimate of drug-likeness (QED) is 0.676. The molecule has 1 saturated heterocycles. The maximum atomic E-state index is 5.80. The summed E-state index contributed by atoms with van der Waals surface area (Å²) in [6.07, 6.45) is 2.58. The monoisotopic (exact) mass is 215 g/mol. The third kappa shape index (κ3) is 3.72. The molecule has 0 aromatic carbocycles. The fourth-order valence-electron chi connectivity index (χ4n) is 2.45. The number of methoxy groups -OCH3 is 1. The van der Waals surface area contributed by atoms with Crippen molar-refractivity contribution < 1.29 is 4.74 Å². The fraction of sp³-hybridized carbons (Fsp3) is 1.00. The number of likely N-dealkylation sites (N-methyl/N-ethyl adjacent to an activating group) is 1. The Hall–Kier alpha value is -0.160. The Morgan fingerprint density at radius 2 is 2.27 bits per heavy atom. The Morgan fingerprint density at radius 1 is 1.53 bits per heavy atom. The molecule has 1 fully saturated rings. The minimum Gasteiger partial charge on any atom is -0.383 e. The highest BCUT2D eigenvalue weighted by atomic mass is 16.5. The molecule has 2 unspecified atom stereocenters. The first kappa shape index (κ1) is 12.9. The van der Waals surface area contributed by atoms with Crippen molar-refractivity contribution in [3.8, 4) is 0 Å². The Kier molecular flexibility index (Phi) is 5.53. The molecule has 1 heterocycles. The van der Waals surface area contributed by atoms with Crippen molar-refractivity contribution in [2.45, 2.75) is 24.9 Å². The number of nitrogens with zero attached hydrogens (tertiary/aromatic N) is 2. The number of hydrogen-bond donors (Lipinski definition) is 1. The smallest absolute Gasteiger partial charge is 0.0630 e. The van der Waals surface area contributed by atoms with Gasteiger partial charge in [-0.15, -0.1) is 0 Å². The topological polar surface area (TPSA) is 41.7 Å². The summed E-state index contributed by atoms with van der Waals surface area (Å²) in [6.45, 7) is 3.74. The van der Waals surface area contributed by atoms with Crippen molar-refractivity contribution in [3.63, 3.8) is 0 Å². The molecular weight excluding hydrogens is 190 g/mol. The average molecular weight is 215 g/mol. The summed E-state index contributed by atoms with van der Waals surface area (Å²) in [5.41, 5.74) is 5.80. The van der Waals surface area contributed by atoms with Gasteiger partial charge in [-0.2, -0.15) is 0 Å². The van der Waals surface area contributed by atoms with Crippen molar-refractivity contribution in [3.05, 3.63) is 0 Å². The van der Waals surface area contributed by atoms with E-state index in [0.717, 1.165) is 13.2 Å². The lowest BCUT2D eigenvalue weighted by atomic mass is 10.2. The molecule has 0 aromatic heterocycles. The van der Waals surface area contributed by atoms with Gasteiger partial charge in [0.1, 0.15) is 0 Å². The minimum atomic E-state index is 0.391. The summed E-state index contributed by atoms with van der Waals surface area (Å²) in [5, 5.41) is 0. The summed E-state index contributed by atoms with van der Waals surface area (Å²) >= 11 is 0. The van der Waals surface area contributed by atoms with Crippen LogP contribution >= 0.6 is 0 Å². The van der Waals surface area contributed by atoms with Crippen LogP contribution in [-0.2, 0) is 4.74 Å². The highest BCUT2D eigenvalue weighted by Crippen LogP contribution is 2.20. The molecule has 0 radical (unpaired) electrons.